The SMILES string of the molecule is COc1cccc(C(NN)c2cnn(C)c2C)c1. The van der Waals surface area contributed by atoms with E-state index in [0.29, 0.717) is 0 Å². The molecule has 18 heavy (non-hydrogen) atoms. The maximum absolute atomic E-state index is 5.68. The summed E-state index contributed by atoms with van der Waals surface area (Å²) in [6.07, 6.45) is 1.83. The van der Waals surface area contributed by atoms with Crippen LogP contribution < -0.4 is 16.0 Å². The summed E-state index contributed by atoms with van der Waals surface area (Å²) in [6, 6.07) is 7.75. The van der Waals surface area contributed by atoms with E-state index in [4.69, 9.17) is 10.6 Å². The molecular weight excluding hydrogens is 228 g/mol. The van der Waals surface area contributed by atoms with Crippen molar-refractivity contribution in [3.63, 3.8) is 0 Å². The Morgan fingerprint density at radius 1 is 1.44 bits per heavy atom. The Morgan fingerprint density at radius 2 is 2.22 bits per heavy atom. The molecule has 0 amide bonds. The lowest BCUT2D eigenvalue weighted by molar-refractivity contribution is 0.413. The van der Waals surface area contributed by atoms with Crippen LogP contribution in [0.15, 0.2) is 30.5 Å². The molecule has 1 atom stereocenters. The van der Waals surface area contributed by atoms with Gasteiger partial charge in [-0.05, 0) is 24.6 Å². The third-order valence-corrected chi connectivity index (χ3v) is 3.18. The molecule has 1 aromatic carbocycles. The molecule has 3 N–H and O–H groups in total. The van der Waals surface area contributed by atoms with Crippen molar-refractivity contribution in [2.24, 2.45) is 12.9 Å². The number of ether oxygens (including phenoxy) is 1. The van der Waals surface area contributed by atoms with Crippen LogP contribution in [0.25, 0.3) is 0 Å². The van der Waals surface area contributed by atoms with Crippen LogP contribution in [-0.4, -0.2) is 16.9 Å². The second-order valence-corrected chi connectivity index (χ2v) is 4.19. The number of nitrogens with zero attached hydrogens (tertiary/aromatic N) is 2. The van der Waals surface area contributed by atoms with Gasteiger partial charge in [0.15, 0.2) is 0 Å². The predicted octanol–water partition coefficient (Wildman–Crippen LogP) is 1.29. The molecule has 5 nitrogen and oxygen atoms in total. The average Bonchev–Trinajstić information content (AvgIpc) is 2.72. The molecule has 2 aromatic rings. The highest BCUT2D eigenvalue weighted by Crippen LogP contribution is 2.26. The number of hydrogen-bond acceptors (Lipinski definition) is 4. The zero-order valence-corrected chi connectivity index (χ0v) is 10.8. The number of hydrogen-bond donors (Lipinski definition) is 2. The highest BCUT2D eigenvalue weighted by molar-refractivity contribution is 5.37. The molecule has 0 saturated heterocycles. The Kier molecular flexibility index (Phi) is 3.64. The van der Waals surface area contributed by atoms with Gasteiger partial charge in [0.25, 0.3) is 0 Å². The summed E-state index contributed by atoms with van der Waals surface area (Å²) in [5.74, 6) is 6.49. The normalized spacial score (nSPS) is 12.4. The Bertz CT molecular complexity index is 536. The van der Waals surface area contributed by atoms with E-state index in [0.717, 1.165) is 22.6 Å². The van der Waals surface area contributed by atoms with Gasteiger partial charge in [-0.25, -0.2) is 5.43 Å². The molecule has 0 bridgehead atoms. The molecule has 0 saturated carbocycles. The Labute approximate surface area is 107 Å². The largest absolute Gasteiger partial charge is 0.497 e. The monoisotopic (exact) mass is 246 g/mol. The highest BCUT2D eigenvalue weighted by Gasteiger charge is 2.17. The molecule has 0 aliphatic heterocycles. The van der Waals surface area contributed by atoms with Gasteiger partial charge in [0.1, 0.15) is 5.75 Å². The number of rotatable bonds is 4. The Morgan fingerprint density at radius 3 is 2.78 bits per heavy atom. The van der Waals surface area contributed by atoms with Crippen molar-refractivity contribution in [1.29, 1.82) is 0 Å². The molecule has 0 fully saturated rings. The standard InChI is InChI=1S/C13H18N4O/c1-9-12(8-15-17(9)2)13(16-14)10-5-4-6-11(7-10)18-3/h4-8,13,16H,14H2,1-3H3. The molecule has 1 unspecified atom stereocenters. The molecule has 0 aliphatic carbocycles. The van der Waals surface area contributed by atoms with Gasteiger partial charge in [0, 0.05) is 18.3 Å². The minimum atomic E-state index is -0.0891. The maximum Gasteiger partial charge on any atom is 0.119 e. The smallest absolute Gasteiger partial charge is 0.119 e. The quantitative estimate of drug-likeness (QED) is 0.630. The summed E-state index contributed by atoms with van der Waals surface area (Å²) in [5.41, 5.74) is 6.03. The lowest BCUT2D eigenvalue weighted by atomic mass is 10.00. The van der Waals surface area contributed by atoms with Crippen molar-refractivity contribution >= 4 is 0 Å². The van der Waals surface area contributed by atoms with E-state index >= 15 is 0 Å². The summed E-state index contributed by atoms with van der Waals surface area (Å²) in [4.78, 5) is 0. The molecule has 1 heterocycles. The number of nitrogens with one attached hydrogen (secondary N) is 1. The topological polar surface area (TPSA) is 65.1 Å². The van der Waals surface area contributed by atoms with Crippen molar-refractivity contribution in [3.8, 4) is 5.75 Å². The van der Waals surface area contributed by atoms with Gasteiger partial charge in [0.05, 0.1) is 19.3 Å². The summed E-state index contributed by atoms with van der Waals surface area (Å²) in [6.45, 7) is 2.02. The summed E-state index contributed by atoms with van der Waals surface area (Å²) >= 11 is 0. The first-order chi connectivity index (χ1) is 8.67. The van der Waals surface area contributed by atoms with Crippen LogP contribution in [0.5, 0.6) is 5.75 Å². The number of aryl methyl sites for hydroxylation is 1. The molecule has 5 heteroatoms. The first kappa shape index (κ1) is 12.6. The third-order valence-electron chi connectivity index (χ3n) is 3.18. The fourth-order valence-electron chi connectivity index (χ4n) is 1.99. The van der Waals surface area contributed by atoms with Gasteiger partial charge >= 0.3 is 0 Å². The Hall–Kier alpha value is -1.85. The maximum atomic E-state index is 5.68. The molecule has 0 spiro atoms. The van der Waals surface area contributed by atoms with E-state index in [1.807, 2.05) is 49.1 Å². The van der Waals surface area contributed by atoms with Crippen LogP contribution >= 0.6 is 0 Å². The van der Waals surface area contributed by atoms with E-state index in [9.17, 15) is 0 Å². The molecule has 2 rings (SSSR count). The van der Waals surface area contributed by atoms with E-state index in [1.165, 1.54) is 0 Å². The number of nitrogens with two attached hydrogens (primary N) is 1. The zero-order chi connectivity index (χ0) is 13.1. The average molecular weight is 246 g/mol. The number of aromatic nitrogens is 2. The third kappa shape index (κ3) is 2.23. The van der Waals surface area contributed by atoms with Crippen molar-refractivity contribution in [2.75, 3.05) is 7.11 Å². The van der Waals surface area contributed by atoms with Crippen molar-refractivity contribution in [2.45, 2.75) is 13.0 Å². The molecule has 1 aromatic heterocycles. The minimum absolute atomic E-state index is 0.0891. The van der Waals surface area contributed by atoms with Gasteiger partial charge in [-0.15, -0.1) is 0 Å². The van der Waals surface area contributed by atoms with E-state index < -0.39 is 0 Å². The summed E-state index contributed by atoms with van der Waals surface area (Å²) < 4.78 is 7.06. The van der Waals surface area contributed by atoms with Crippen molar-refractivity contribution < 1.29 is 4.74 Å². The molecule has 0 radical (unpaired) electrons. The van der Waals surface area contributed by atoms with Crippen LogP contribution in [0.1, 0.15) is 22.9 Å². The second kappa shape index (κ2) is 5.20. The van der Waals surface area contributed by atoms with Crippen LogP contribution in [0, 0.1) is 6.92 Å². The van der Waals surface area contributed by atoms with Crippen molar-refractivity contribution in [1.82, 2.24) is 15.2 Å². The van der Waals surface area contributed by atoms with Crippen LogP contribution in [0.3, 0.4) is 0 Å². The zero-order valence-electron chi connectivity index (χ0n) is 10.8. The first-order valence-corrected chi connectivity index (χ1v) is 5.76. The van der Waals surface area contributed by atoms with Gasteiger partial charge in [-0.1, -0.05) is 12.1 Å². The Balaban J connectivity index is 2.41. The predicted molar refractivity (Wildman–Crippen MR) is 70.1 cm³/mol. The molecule has 0 aliphatic rings. The van der Waals surface area contributed by atoms with Crippen LogP contribution in [0.4, 0.5) is 0 Å². The second-order valence-electron chi connectivity index (χ2n) is 4.19. The summed E-state index contributed by atoms with van der Waals surface area (Å²) in [5, 5.41) is 4.24. The van der Waals surface area contributed by atoms with E-state index in [2.05, 4.69) is 10.5 Å². The van der Waals surface area contributed by atoms with Gasteiger partial charge in [-0.3, -0.25) is 10.5 Å². The van der Waals surface area contributed by atoms with E-state index in [-0.39, 0.29) is 6.04 Å². The fourth-order valence-corrected chi connectivity index (χ4v) is 1.99. The number of benzene rings is 1. The summed E-state index contributed by atoms with van der Waals surface area (Å²) in [7, 11) is 3.57. The molecular formula is C13H18N4O. The number of hydrazine groups is 1. The number of methoxy groups -OCH3 is 1. The lowest BCUT2D eigenvalue weighted by Gasteiger charge is -2.17. The highest BCUT2D eigenvalue weighted by atomic mass is 16.5. The van der Waals surface area contributed by atoms with Gasteiger partial charge < -0.3 is 4.74 Å². The van der Waals surface area contributed by atoms with Crippen LogP contribution in [0.2, 0.25) is 0 Å². The first-order valence-electron chi connectivity index (χ1n) is 5.76. The van der Waals surface area contributed by atoms with Crippen LogP contribution in [-0.2, 0) is 7.05 Å². The minimum Gasteiger partial charge on any atom is -0.497 e. The van der Waals surface area contributed by atoms with E-state index in [1.54, 1.807) is 7.11 Å². The van der Waals surface area contributed by atoms with Crippen molar-refractivity contribution in [3.05, 3.63) is 47.3 Å². The fraction of sp³-hybridized carbons (Fsp3) is 0.308. The lowest BCUT2D eigenvalue weighted by Crippen LogP contribution is -2.29. The van der Waals surface area contributed by atoms with Gasteiger partial charge in [0.2, 0.25) is 0 Å². The van der Waals surface area contributed by atoms with Gasteiger partial charge in [-0.2, -0.15) is 5.10 Å². The molecule has 96 valence electrons.